The lowest BCUT2D eigenvalue weighted by Crippen LogP contribution is -2.41. The number of aliphatic hydroxyl groups is 1. The zero-order chi connectivity index (χ0) is 16.9. The fourth-order valence-corrected chi connectivity index (χ4v) is 8.09. The van der Waals surface area contributed by atoms with Crippen LogP contribution in [-0.4, -0.2) is 59.9 Å². The van der Waals surface area contributed by atoms with E-state index >= 15 is 0 Å². The van der Waals surface area contributed by atoms with E-state index in [4.69, 9.17) is 4.74 Å². The summed E-state index contributed by atoms with van der Waals surface area (Å²) in [6, 6.07) is 9.67. The van der Waals surface area contributed by atoms with Gasteiger partial charge in [-0.15, -0.1) is 0 Å². The van der Waals surface area contributed by atoms with E-state index in [1.54, 1.807) is 0 Å². The molecule has 0 bridgehead atoms. The number of morpholine rings is 1. The summed E-state index contributed by atoms with van der Waals surface area (Å²) in [6.45, 7) is 9.84. The Morgan fingerprint density at radius 1 is 1.26 bits per heavy atom. The van der Waals surface area contributed by atoms with E-state index in [-0.39, 0.29) is 5.16 Å². The first-order chi connectivity index (χ1) is 10.8. The minimum absolute atomic E-state index is 0.336. The van der Waals surface area contributed by atoms with E-state index in [0.717, 1.165) is 31.6 Å². The standard InChI is InChI=1S/C17H28NO3PS/c1-17(2,3)22(20,16-7-5-4-6-8-16)23-14-15(19)13-18-9-11-21-12-10-18/h4-8,15,19H,9-14H2,1-3H3. The second-order valence-corrected chi connectivity index (χ2v) is 12.8. The number of β-amino-alcohol motifs (C(OH)–C–C–N with tert-alkyl or cyclic N) is 1. The van der Waals surface area contributed by atoms with Gasteiger partial charge in [-0.3, -0.25) is 4.90 Å². The van der Waals surface area contributed by atoms with Crippen molar-refractivity contribution in [3.8, 4) is 0 Å². The van der Waals surface area contributed by atoms with Gasteiger partial charge < -0.3 is 14.4 Å². The van der Waals surface area contributed by atoms with Crippen molar-refractivity contribution in [2.45, 2.75) is 32.0 Å². The van der Waals surface area contributed by atoms with Crippen molar-refractivity contribution in [2.24, 2.45) is 0 Å². The van der Waals surface area contributed by atoms with E-state index < -0.39 is 12.4 Å². The van der Waals surface area contributed by atoms with Crippen LogP contribution in [0.5, 0.6) is 0 Å². The number of ether oxygens (including phenoxy) is 1. The van der Waals surface area contributed by atoms with Crippen LogP contribution in [0.4, 0.5) is 0 Å². The fourth-order valence-electron chi connectivity index (χ4n) is 2.61. The van der Waals surface area contributed by atoms with Crippen LogP contribution in [0.3, 0.4) is 0 Å². The van der Waals surface area contributed by atoms with Gasteiger partial charge in [0.1, 0.15) is 0 Å². The molecule has 0 aliphatic carbocycles. The number of rotatable bonds is 6. The highest BCUT2D eigenvalue weighted by Crippen LogP contribution is 2.66. The Bertz CT molecular complexity index is 526. The van der Waals surface area contributed by atoms with Crippen molar-refractivity contribution in [2.75, 3.05) is 38.6 Å². The van der Waals surface area contributed by atoms with Gasteiger partial charge in [0, 0.05) is 35.8 Å². The molecule has 1 saturated heterocycles. The number of nitrogens with zero attached hydrogens (tertiary/aromatic N) is 1. The lowest BCUT2D eigenvalue weighted by Gasteiger charge is -2.33. The van der Waals surface area contributed by atoms with Crippen LogP contribution >= 0.6 is 17.7 Å². The molecule has 0 radical (unpaired) electrons. The summed E-state index contributed by atoms with van der Waals surface area (Å²) in [5.41, 5.74) is 0. The van der Waals surface area contributed by atoms with Gasteiger partial charge in [0.05, 0.1) is 19.3 Å². The average molecular weight is 357 g/mol. The van der Waals surface area contributed by atoms with Crippen molar-refractivity contribution in [1.29, 1.82) is 0 Å². The maximum Gasteiger partial charge on any atom is 0.172 e. The quantitative estimate of drug-likeness (QED) is 0.794. The van der Waals surface area contributed by atoms with Gasteiger partial charge in [-0.05, 0) is 0 Å². The summed E-state index contributed by atoms with van der Waals surface area (Å²) >= 11 is 1.43. The van der Waals surface area contributed by atoms with Gasteiger partial charge in [0.2, 0.25) is 0 Å². The first-order valence-corrected chi connectivity index (χ1v) is 11.4. The smallest absolute Gasteiger partial charge is 0.172 e. The van der Waals surface area contributed by atoms with Crippen LogP contribution in [0.15, 0.2) is 30.3 Å². The van der Waals surface area contributed by atoms with Gasteiger partial charge in [-0.1, -0.05) is 62.5 Å². The van der Waals surface area contributed by atoms with Gasteiger partial charge in [0.25, 0.3) is 0 Å². The molecule has 2 rings (SSSR count). The molecule has 0 amide bonds. The largest absolute Gasteiger partial charge is 0.391 e. The third kappa shape index (κ3) is 5.07. The van der Waals surface area contributed by atoms with E-state index in [1.807, 2.05) is 51.1 Å². The molecule has 2 unspecified atom stereocenters. The maximum absolute atomic E-state index is 13.7. The summed E-state index contributed by atoms with van der Waals surface area (Å²) in [5, 5.41) is 10.9. The number of benzene rings is 1. The molecule has 6 heteroatoms. The normalized spacial score (nSPS) is 20.9. The average Bonchev–Trinajstić information content (AvgIpc) is 2.53. The molecule has 1 aliphatic rings. The van der Waals surface area contributed by atoms with Crippen molar-refractivity contribution in [3.05, 3.63) is 30.3 Å². The van der Waals surface area contributed by atoms with Crippen molar-refractivity contribution >= 4 is 23.0 Å². The first kappa shape index (κ1) is 19.0. The molecular weight excluding hydrogens is 329 g/mol. The molecule has 1 heterocycles. The Hall–Kier alpha value is -0.320. The second-order valence-electron chi connectivity index (χ2n) is 6.92. The molecule has 1 aromatic carbocycles. The van der Waals surface area contributed by atoms with E-state index in [0.29, 0.717) is 12.3 Å². The minimum Gasteiger partial charge on any atom is -0.391 e. The summed E-state index contributed by atoms with van der Waals surface area (Å²) in [4.78, 5) is 2.21. The van der Waals surface area contributed by atoms with Crippen LogP contribution in [0, 0.1) is 0 Å². The summed E-state index contributed by atoms with van der Waals surface area (Å²) in [5.74, 6) is 0.487. The molecule has 1 N–H and O–H groups in total. The molecule has 1 aliphatic heterocycles. The van der Waals surface area contributed by atoms with E-state index in [1.165, 1.54) is 11.4 Å². The Labute approximate surface area is 143 Å². The molecule has 0 spiro atoms. The highest BCUT2D eigenvalue weighted by molar-refractivity contribution is 8.60. The Kier molecular flexibility index (Phi) is 6.76. The van der Waals surface area contributed by atoms with Crippen LogP contribution in [0.1, 0.15) is 20.8 Å². The Morgan fingerprint density at radius 2 is 1.87 bits per heavy atom. The number of hydrogen-bond acceptors (Lipinski definition) is 5. The molecule has 4 nitrogen and oxygen atoms in total. The fraction of sp³-hybridized carbons (Fsp3) is 0.647. The van der Waals surface area contributed by atoms with Gasteiger partial charge in [0.15, 0.2) is 6.34 Å². The Balaban J connectivity index is 2.00. The van der Waals surface area contributed by atoms with Gasteiger partial charge in [-0.25, -0.2) is 0 Å². The summed E-state index contributed by atoms with van der Waals surface area (Å²) < 4.78 is 19.0. The van der Waals surface area contributed by atoms with Crippen molar-refractivity contribution in [3.63, 3.8) is 0 Å². The van der Waals surface area contributed by atoms with Crippen LogP contribution < -0.4 is 5.30 Å². The molecular formula is C17H28NO3PS. The molecule has 0 saturated carbocycles. The minimum atomic E-state index is -2.65. The van der Waals surface area contributed by atoms with E-state index in [2.05, 4.69) is 4.90 Å². The Morgan fingerprint density at radius 3 is 2.43 bits per heavy atom. The third-order valence-corrected chi connectivity index (χ3v) is 11.5. The summed E-state index contributed by atoms with van der Waals surface area (Å²) in [7, 11) is 0. The first-order valence-electron chi connectivity index (χ1n) is 8.11. The predicted octanol–water partition coefficient (Wildman–Crippen LogP) is 2.81. The number of hydrogen-bond donors (Lipinski definition) is 1. The van der Waals surface area contributed by atoms with Gasteiger partial charge in [-0.2, -0.15) is 0 Å². The van der Waals surface area contributed by atoms with Crippen molar-refractivity contribution in [1.82, 2.24) is 4.90 Å². The summed E-state index contributed by atoms with van der Waals surface area (Å²) in [6.07, 6.45) is -3.12. The molecule has 23 heavy (non-hydrogen) atoms. The van der Waals surface area contributed by atoms with Crippen molar-refractivity contribution < 1.29 is 14.4 Å². The molecule has 2 atom stereocenters. The monoisotopic (exact) mass is 357 g/mol. The molecule has 1 fully saturated rings. The molecule has 0 aromatic heterocycles. The highest BCUT2D eigenvalue weighted by Gasteiger charge is 2.39. The van der Waals surface area contributed by atoms with Crippen LogP contribution in [0.2, 0.25) is 0 Å². The highest BCUT2D eigenvalue weighted by atomic mass is 32.7. The lowest BCUT2D eigenvalue weighted by molar-refractivity contribution is 0.0188. The zero-order valence-electron chi connectivity index (χ0n) is 14.3. The zero-order valence-corrected chi connectivity index (χ0v) is 16.0. The van der Waals surface area contributed by atoms with Crippen LogP contribution in [-0.2, 0) is 9.30 Å². The predicted molar refractivity (Wildman–Crippen MR) is 99.2 cm³/mol. The maximum atomic E-state index is 13.7. The molecule has 130 valence electrons. The van der Waals surface area contributed by atoms with E-state index in [9.17, 15) is 9.67 Å². The third-order valence-electron chi connectivity index (χ3n) is 4.00. The topological polar surface area (TPSA) is 49.8 Å². The SMILES string of the molecule is CC(C)(C)P(=O)(SCC(O)CN1CCOCC1)c1ccccc1. The lowest BCUT2D eigenvalue weighted by atomic mass is 10.3. The molecule has 1 aromatic rings. The van der Waals surface area contributed by atoms with Crippen LogP contribution in [0.25, 0.3) is 0 Å². The second kappa shape index (κ2) is 8.17. The number of aliphatic hydroxyl groups excluding tert-OH is 1. The van der Waals surface area contributed by atoms with Gasteiger partial charge >= 0.3 is 0 Å².